The van der Waals surface area contributed by atoms with Gasteiger partial charge in [0.25, 0.3) is 10.1 Å². The third-order valence-corrected chi connectivity index (χ3v) is 6.15. The van der Waals surface area contributed by atoms with Gasteiger partial charge in [-0.1, -0.05) is 57.2 Å². The number of carbonyl (C=O) groups is 1. The molecule has 32 heavy (non-hydrogen) atoms. The van der Waals surface area contributed by atoms with Crippen LogP contribution in [0.25, 0.3) is 0 Å². The molecule has 0 saturated carbocycles. The zero-order valence-electron chi connectivity index (χ0n) is 18.1. The third-order valence-electron chi connectivity index (χ3n) is 5.27. The fraction of sp³-hybridized carbons (Fsp3) is 0.208. The van der Waals surface area contributed by atoms with Gasteiger partial charge >= 0.3 is 6.03 Å². The van der Waals surface area contributed by atoms with E-state index >= 15 is 0 Å². The molecule has 0 saturated heterocycles. The van der Waals surface area contributed by atoms with Gasteiger partial charge in [-0.05, 0) is 53.8 Å². The van der Waals surface area contributed by atoms with Crippen LogP contribution in [-0.2, 0) is 15.5 Å². The second-order valence-electron chi connectivity index (χ2n) is 7.92. The van der Waals surface area contributed by atoms with Crippen LogP contribution >= 0.6 is 0 Å². The first-order chi connectivity index (χ1) is 15.1. The number of amides is 2. The molecular formula is C24H26N2O5S. The highest BCUT2D eigenvalue weighted by molar-refractivity contribution is 7.86. The maximum atomic E-state index is 12.4. The van der Waals surface area contributed by atoms with Gasteiger partial charge in [-0.3, -0.25) is 4.55 Å². The molecule has 7 nitrogen and oxygen atoms in total. The van der Waals surface area contributed by atoms with Crippen LogP contribution in [0, 0.1) is 0 Å². The lowest BCUT2D eigenvalue weighted by Crippen LogP contribution is -2.19. The van der Waals surface area contributed by atoms with Gasteiger partial charge in [-0.15, -0.1) is 0 Å². The highest BCUT2D eigenvalue weighted by Crippen LogP contribution is 2.37. The van der Waals surface area contributed by atoms with Gasteiger partial charge in [0.05, 0.1) is 5.69 Å². The van der Waals surface area contributed by atoms with Crippen molar-refractivity contribution in [2.75, 3.05) is 10.6 Å². The molecule has 3 aromatic carbocycles. The Kier molecular flexibility index (Phi) is 6.86. The minimum absolute atomic E-state index is 0.0409. The van der Waals surface area contributed by atoms with E-state index in [4.69, 9.17) is 4.74 Å². The molecule has 0 spiro atoms. The largest absolute Gasteiger partial charge is 0.454 e. The van der Waals surface area contributed by atoms with Crippen LogP contribution in [0.4, 0.5) is 16.2 Å². The number of ether oxygens (including phenoxy) is 1. The zero-order chi connectivity index (χ0) is 23.4. The van der Waals surface area contributed by atoms with Gasteiger partial charge in [0.1, 0.15) is 10.6 Å². The van der Waals surface area contributed by atoms with Crippen molar-refractivity contribution in [2.24, 2.45) is 0 Å². The van der Waals surface area contributed by atoms with E-state index in [1.54, 1.807) is 54.6 Å². The summed E-state index contributed by atoms with van der Waals surface area (Å²) >= 11 is 0. The second kappa shape index (κ2) is 9.42. The SMILES string of the molecule is CCC(C)(C)c1ccc(Oc2ccccc2NC(=O)Nc2ccccc2)c(S(=O)(=O)O)c1. The van der Waals surface area contributed by atoms with Crippen LogP contribution in [-0.4, -0.2) is 19.0 Å². The molecule has 0 atom stereocenters. The Balaban J connectivity index is 1.90. The highest BCUT2D eigenvalue weighted by Gasteiger charge is 2.24. The van der Waals surface area contributed by atoms with Crippen molar-refractivity contribution in [2.45, 2.75) is 37.5 Å². The number of para-hydroxylation sites is 3. The van der Waals surface area contributed by atoms with Gasteiger partial charge in [0.2, 0.25) is 0 Å². The summed E-state index contributed by atoms with van der Waals surface area (Å²) < 4.78 is 39.8. The highest BCUT2D eigenvalue weighted by atomic mass is 32.2. The molecule has 0 aliphatic rings. The van der Waals surface area contributed by atoms with Crippen molar-refractivity contribution in [3.63, 3.8) is 0 Å². The summed E-state index contributed by atoms with van der Waals surface area (Å²) in [6.07, 6.45) is 0.779. The Morgan fingerprint density at radius 3 is 2.25 bits per heavy atom. The Hall–Kier alpha value is -3.36. The molecule has 3 rings (SSSR count). The summed E-state index contributed by atoms with van der Waals surface area (Å²) in [4.78, 5) is 12.1. The molecule has 8 heteroatoms. The predicted octanol–water partition coefficient (Wildman–Crippen LogP) is 6.06. The van der Waals surface area contributed by atoms with Crippen LogP contribution in [0.15, 0.2) is 77.7 Å². The molecule has 0 aliphatic heterocycles. The van der Waals surface area contributed by atoms with Crippen LogP contribution in [0.1, 0.15) is 32.8 Å². The molecule has 3 aromatic rings. The maximum Gasteiger partial charge on any atom is 0.323 e. The quantitative estimate of drug-likeness (QED) is 0.377. The van der Waals surface area contributed by atoms with E-state index in [-0.39, 0.29) is 21.8 Å². The van der Waals surface area contributed by atoms with E-state index in [1.165, 1.54) is 12.1 Å². The molecule has 0 aromatic heterocycles. The smallest absolute Gasteiger partial charge is 0.323 e. The molecule has 0 fully saturated rings. The van der Waals surface area contributed by atoms with E-state index in [9.17, 15) is 17.8 Å². The first-order valence-corrected chi connectivity index (χ1v) is 11.6. The Labute approximate surface area is 188 Å². The van der Waals surface area contributed by atoms with Crippen LogP contribution in [0.5, 0.6) is 11.5 Å². The predicted molar refractivity (Wildman–Crippen MR) is 125 cm³/mol. The topological polar surface area (TPSA) is 105 Å². The summed E-state index contributed by atoms with van der Waals surface area (Å²) in [7, 11) is -4.55. The van der Waals surface area contributed by atoms with Crippen molar-refractivity contribution in [1.29, 1.82) is 0 Å². The van der Waals surface area contributed by atoms with Crippen LogP contribution in [0.3, 0.4) is 0 Å². The Bertz CT molecular complexity index is 1210. The minimum Gasteiger partial charge on any atom is -0.454 e. The number of hydrogen-bond donors (Lipinski definition) is 3. The minimum atomic E-state index is -4.55. The molecule has 0 bridgehead atoms. The number of benzene rings is 3. The summed E-state index contributed by atoms with van der Waals surface area (Å²) in [6, 6.07) is 19.8. The molecule has 168 valence electrons. The number of carbonyl (C=O) groups excluding carboxylic acids is 1. The zero-order valence-corrected chi connectivity index (χ0v) is 18.9. The van der Waals surface area contributed by atoms with Crippen molar-refractivity contribution >= 4 is 27.5 Å². The standard InChI is InChI=1S/C24H26N2O5S/c1-4-24(2,3)17-14-15-21(22(16-17)32(28,29)30)31-20-13-9-8-12-19(20)26-23(27)25-18-10-6-5-7-11-18/h5-16H,4H2,1-3H3,(H2,25,26,27)(H,28,29,30). The summed E-state index contributed by atoms with van der Waals surface area (Å²) in [5, 5.41) is 5.40. The fourth-order valence-corrected chi connectivity index (χ4v) is 3.64. The van der Waals surface area contributed by atoms with E-state index in [0.29, 0.717) is 11.4 Å². The Morgan fingerprint density at radius 2 is 1.59 bits per heavy atom. The molecule has 0 heterocycles. The molecular weight excluding hydrogens is 428 g/mol. The second-order valence-corrected chi connectivity index (χ2v) is 9.31. The average Bonchev–Trinajstić information content (AvgIpc) is 2.75. The Morgan fingerprint density at radius 1 is 0.938 bits per heavy atom. The van der Waals surface area contributed by atoms with Crippen molar-refractivity contribution < 1.29 is 22.5 Å². The van der Waals surface area contributed by atoms with Gasteiger partial charge in [0.15, 0.2) is 5.75 Å². The third kappa shape index (κ3) is 5.66. The fourth-order valence-electron chi connectivity index (χ4n) is 3.00. The van der Waals surface area contributed by atoms with Gasteiger partial charge in [-0.25, -0.2) is 4.79 Å². The molecule has 0 radical (unpaired) electrons. The lowest BCUT2D eigenvalue weighted by atomic mass is 9.82. The molecule has 0 aliphatic carbocycles. The number of anilines is 2. The van der Waals surface area contributed by atoms with Crippen molar-refractivity contribution in [3.8, 4) is 11.5 Å². The first-order valence-electron chi connectivity index (χ1n) is 10.1. The number of urea groups is 1. The van der Waals surface area contributed by atoms with E-state index in [0.717, 1.165) is 12.0 Å². The molecule has 2 amide bonds. The lowest BCUT2D eigenvalue weighted by Gasteiger charge is -2.24. The van der Waals surface area contributed by atoms with Gasteiger partial charge < -0.3 is 15.4 Å². The average molecular weight is 455 g/mol. The number of nitrogens with one attached hydrogen (secondary N) is 2. The van der Waals surface area contributed by atoms with Crippen molar-refractivity contribution in [1.82, 2.24) is 0 Å². The summed E-state index contributed by atoms with van der Waals surface area (Å²) in [6.45, 7) is 5.97. The lowest BCUT2D eigenvalue weighted by molar-refractivity contribution is 0.262. The first kappa shape index (κ1) is 23.3. The summed E-state index contributed by atoms with van der Waals surface area (Å²) in [5.74, 6) is 0.184. The van der Waals surface area contributed by atoms with Gasteiger partial charge in [-0.2, -0.15) is 8.42 Å². The number of hydrogen-bond acceptors (Lipinski definition) is 4. The summed E-state index contributed by atoms with van der Waals surface area (Å²) in [5.41, 5.74) is 1.42. The van der Waals surface area contributed by atoms with Crippen LogP contribution in [0.2, 0.25) is 0 Å². The molecule has 3 N–H and O–H groups in total. The number of rotatable bonds is 7. The normalized spacial score (nSPS) is 11.6. The van der Waals surface area contributed by atoms with Gasteiger partial charge in [0, 0.05) is 5.69 Å². The van der Waals surface area contributed by atoms with E-state index in [1.807, 2.05) is 26.8 Å². The molecule has 0 unspecified atom stereocenters. The van der Waals surface area contributed by atoms with E-state index < -0.39 is 16.1 Å². The maximum absolute atomic E-state index is 12.4. The van der Waals surface area contributed by atoms with E-state index in [2.05, 4.69) is 10.6 Å². The monoisotopic (exact) mass is 454 g/mol. The van der Waals surface area contributed by atoms with Crippen molar-refractivity contribution in [3.05, 3.63) is 78.4 Å². The van der Waals surface area contributed by atoms with Crippen LogP contribution < -0.4 is 15.4 Å².